The molecule has 3 rings (SSSR count). The van der Waals surface area contributed by atoms with E-state index in [9.17, 15) is 14.4 Å². The number of ether oxygens (including phenoxy) is 1. The molecular formula is C18H20N6O4. The molecule has 2 heterocycles. The van der Waals surface area contributed by atoms with Crippen molar-refractivity contribution in [2.45, 2.75) is 32.9 Å². The van der Waals surface area contributed by atoms with E-state index < -0.39 is 23.8 Å². The number of anilines is 2. The number of rotatable bonds is 6. The molecule has 0 aliphatic carbocycles. The minimum absolute atomic E-state index is 0.0728. The summed E-state index contributed by atoms with van der Waals surface area (Å²) < 4.78 is 5.28. The van der Waals surface area contributed by atoms with E-state index in [2.05, 4.69) is 15.0 Å². The lowest BCUT2D eigenvalue weighted by Gasteiger charge is -2.28. The van der Waals surface area contributed by atoms with Gasteiger partial charge in [0.15, 0.2) is 12.4 Å². The van der Waals surface area contributed by atoms with Gasteiger partial charge in [0.25, 0.3) is 11.8 Å². The number of carbonyl (C=O) groups excluding carboxylic acids is 3. The van der Waals surface area contributed by atoms with Crippen molar-refractivity contribution in [3.05, 3.63) is 41.2 Å². The maximum absolute atomic E-state index is 12.8. The van der Waals surface area contributed by atoms with Crippen molar-refractivity contribution in [2.24, 2.45) is 5.92 Å². The Kier molecular flexibility index (Phi) is 5.21. The van der Waals surface area contributed by atoms with Crippen LogP contribution in [0.15, 0.2) is 24.3 Å². The smallest absolute Gasteiger partial charge is 0.330 e. The van der Waals surface area contributed by atoms with Crippen molar-refractivity contribution in [3.8, 4) is 0 Å². The summed E-state index contributed by atoms with van der Waals surface area (Å²) in [6.07, 6.45) is 0.554. The molecule has 28 heavy (non-hydrogen) atoms. The van der Waals surface area contributed by atoms with E-state index in [1.54, 1.807) is 31.2 Å². The fourth-order valence-corrected chi connectivity index (χ4v) is 3.02. The second kappa shape index (κ2) is 7.59. The Hall–Kier alpha value is -3.56. The Morgan fingerprint density at radius 1 is 1.07 bits per heavy atom. The Bertz CT molecular complexity index is 892. The number of aromatic nitrogens is 3. The Labute approximate surface area is 160 Å². The minimum Gasteiger partial charge on any atom is -0.456 e. The number of benzene rings is 1. The number of imide groups is 1. The van der Waals surface area contributed by atoms with Gasteiger partial charge < -0.3 is 16.2 Å². The van der Waals surface area contributed by atoms with Gasteiger partial charge in [-0.3, -0.25) is 14.5 Å². The van der Waals surface area contributed by atoms with E-state index in [-0.39, 0.29) is 41.4 Å². The zero-order valence-electron chi connectivity index (χ0n) is 15.5. The lowest BCUT2D eigenvalue weighted by molar-refractivity contribution is -0.151. The van der Waals surface area contributed by atoms with E-state index in [0.29, 0.717) is 6.42 Å². The van der Waals surface area contributed by atoms with E-state index in [4.69, 9.17) is 16.2 Å². The number of carbonyl (C=O) groups is 3. The van der Waals surface area contributed by atoms with Crippen molar-refractivity contribution >= 4 is 29.7 Å². The summed E-state index contributed by atoms with van der Waals surface area (Å²) >= 11 is 0. The van der Waals surface area contributed by atoms with Crippen molar-refractivity contribution < 1.29 is 19.1 Å². The molecule has 2 atom stereocenters. The third-order valence-electron chi connectivity index (χ3n) is 4.59. The average Bonchev–Trinajstić information content (AvgIpc) is 2.91. The van der Waals surface area contributed by atoms with Crippen LogP contribution in [-0.2, 0) is 16.1 Å². The van der Waals surface area contributed by atoms with Gasteiger partial charge in [-0.15, -0.1) is 0 Å². The Morgan fingerprint density at radius 3 is 2.11 bits per heavy atom. The zero-order valence-corrected chi connectivity index (χ0v) is 15.5. The van der Waals surface area contributed by atoms with Crippen LogP contribution in [0.2, 0.25) is 0 Å². The molecule has 10 nitrogen and oxygen atoms in total. The first-order valence-corrected chi connectivity index (χ1v) is 8.73. The number of nitrogen functional groups attached to an aromatic ring is 2. The first-order chi connectivity index (χ1) is 13.3. The Balaban J connectivity index is 1.84. The summed E-state index contributed by atoms with van der Waals surface area (Å²) in [5.41, 5.74) is 11.5. The molecule has 0 bridgehead atoms. The van der Waals surface area contributed by atoms with Gasteiger partial charge in [-0.05, 0) is 18.1 Å². The summed E-state index contributed by atoms with van der Waals surface area (Å²) in [5.74, 6) is -2.21. The highest BCUT2D eigenvalue weighted by molar-refractivity contribution is 6.22. The zero-order chi connectivity index (χ0) is 20.4. The third-order valence-corrected chi connectivity index (χ3v) is 4.59. The van der Waals surface area contributed by atoms with Gasteiger partial charge in [0.1, 0.15) is 6.04 Å². The van der Waals surface area contributed by atoms with Crippen molar-refractivity contribution in [2.75, 3.05) is 11.5 Å². The molecule has 1 aromatic heterocycles. The number of hydrogen-bond donors (Lipinski definition) is 2. The van der Waals surface area contributed by atoms with Crippen LogP contribution in [0.4, 0.5) is 11.9 Å². The van der Waals surface area contributed by atoms with E-state index in [1.165, 1.54) is 0 Å². The van der Waals surface area contributed by atoms with Gasteiger partial charge in [-0.1, -0.05) is 32.4 Å². The van der Waals surface area contributed by atoms with Crippen molar-refractivity contribution in [1.29, 1.82) is 0 Å². The molecule has 4 N–H and O–H groups in total. The number of nitrogens with zero attached hydrogens (tertiary/aromatic N) is 4. The summed E-state index contributed by atoms with van der Waals surface area (Å²) in [6.45, 7) is 3.32. The molecule has 2 amide bonds. The standard InChI is InChI=1S/C18H20N6O4/c1-3-9(2)13(16(27)28-8-12-21-17(19)23-18(20)22-12)24-14(25)10-6-4-5-7-11(10)15(24)26/h4-7,9,13H,3,8H2,1-2H3,(H4,19,20,21,22,23)/t9-,13-/m0/s1. The molecule has 0 spiro atoms. The minimum atomic E-state index is -1.08. The van der Waals surface area contributed by atoms with Crippen LogP contribution in [0, 0.1) is 5.92 Å². The van der Waals surface area contributed by atoms with Gasteiger partial charge in [0.2, 0.25) is 11.9 Å². The maximum atomic E-state index is 12.8. The van der Waals surface area contributed by atoms with Crippen molar-refractivity contribution in [1.82, 2.24) is 19.9 Å². The highest BCUT2D eigenvalue weighted by Crippen LogP contribution is 2.28. The van der Waals surface area contributed by atoms with Gasteiger partial charge >= 0.3 is 5.97 Å². The van der Waals surface area contributed by atoms with Crippen LogP contribution >= 0.6 is 0 Å². The molecule has 0 fully saturated rings. The number of amides is 2. The molecule has 1 aliphatic heterocycles. The van der Waals surface area contributed by atoms with Gasteiger partial charge in [0.05, 0.1) is 11.1 Å². The molecular weight excluding hydrogens is 364 g/mol. The topological polar surface area (TPSA) is 154 Å². The van der Waals surface area contributed by atoms with E-state index in [1.807, 2.05) is 6.92 Å². The van der Waals surface area contributed by atoms with Crippen LogP contribution in [0.3, 0.4) is 0 Å². The molecule has 0 radical (unpaired) electrons. The van der Waals surface area contributed by atoms with Gasteiger partial charge in [-0.2, -0.15) is 15.0 Å². The third kappa shape index (κ3) is 3.48. The quantitative estimate of drug-likeness (QED) is 0.543. The van der Waals surface area contributed by atoms with Crippen molar-refractivity contribution in [3.63, 3.8) is 0 Å². The predicted octanol–water partition coefficient (Wildman–Crippen LogP) is 0.790. The lowest BCUT2D eigenvalue weighted by atomic mass is 9.97. The second-order valence-corrected chi connectivity index (χ2v) is 6.43. The predicted molar refractivity (Wildman–Crippen MR) is 98.6 cm³/mol. The molecule has 1 aromatic carbocycles. The largest absolute Gasteiger partial charge is 0.456 e. The van der Waals surface area contributed by atoms with Crippen LogP contribution < -0.4 is 11.5 Å². The first kappa shape index (κ1) is 19.2. The number of fused-ring (bicyclic) bond motifs is 1. The fraction of sp³-hybridized carbons (Fsp3) is 0.333. The van der Waals surface area contributed by atoms with E-state index >= 15 is 0 Å². The van der Waals surface area contributed by atoms with E-state index in [0.717, 1.165) is 4.90 Å². The Morgan fingerprint density at radius 2 is 1.61 bits per heavy atom. The summed E-state index contributed by atoms with van der Waals surface area (Å²) in [5, 5.41) is 0. The maximum Gasteiger partial charge on any atom is 0.330 e. The van der Waals surface area contributed by atoms with Crippen LogP contribution in [0.25, 0.3) is 0 Å². The lowest BCUT2D eigenvalue weighted by Crippen LogP contribution is -2.49. The van der Waals surface area contributed by atoms with Gasteiger partial charge in [0, 0.05) is 0 Å². The SMILES string of the molecule is CC[C@H](C)[C@@H](C(=O)OCc1nc(N)nc(N)n1)N1C(=O)c2ccccc2C1=O. The fourth-order valence-electron chi connectivity index (χ4n) is 3.02. The summed E-state index contributed by atoms with van der Waals surface area (Å²) in [4.78, 5) is 50.6. The van der Waals surface area contributed by atoms with Crippen LogP contribution in [-0.4, -0.2) is 43.7 Å². The molecule has 146 valence electrons. The monoisotopic (exact) mass is 384 g/mol. The summed E-state index contributed by atoms with van der Waals surface area (Å²) in [7, 11) is 0. The molecule has 0 saturated heterocycles. The summed E-state index contributed by atoms with van der Waals surface area (Å²) in [6, 6.07) is 5.38. The number of hydrogen-bond acceptors (Lipinski definition) is 9. The average molecular weight is 384 g/mol. The molecule has 0 unspecified atom stereocenters. The highest BCUT2D eigenvalue weighted by Gasteiger charge is 2.45. The van der Waals surface area contributed by atoms with Gasteiger partial charge in [-0.25, -0.2) is 4.79 Å². The highest BCUT2D eigenvalue weighted by atomic mass is 16.5. The molecule has 0 saturated carbocycles. The molecule has 1 aliphatic rings. The molecule has 10 heteroatoms. The van der Waals surface area contributed by atoms with Crippen LogP contribution in [0.1, 0.15) is 46.8 Å². The number of nitrogens with two attached hydrogens (primary N) is 2. The number of esters is 1. The molecule has 2 aromatic rings. The van der Waals surface area contributed by atoms with Crippen LogP contribution in [0.5, 0.6) is 0 Å². The first-order valence-electron chi connectivity index (χ1n) is 8.73. The normalized spacial score (nSPS) is 15.3. The second-order valence-electron chi connectivity index (χ2n) is 6.43.